The highest BCUT2D eigenvalue weighted by molar-refractivity contribution is 8.00. The lowest BCUT2D eigenvalue weighted by atomic mass is 9.95. The summed E-state index contributed by atoms with van der Waals surface area (Å²) < 4.78 is 0. The SMILES string of the molecule is Clc1ccc2c(c1)C[C@@H](S[C@H](CNC1CCCCC1)c1ccccc1)c1ccccc1S2. The maximum absolute atomic E-state index is 6.40. The van der Waals surface area contributed by atoms with E-state index in [9.17, 15) is 0 Å². The van der Waals surface area contributed by atoms with Crippen molar-refractivity contribution in [3.05, 3.63) is 94.5 Å². The van der Waals surface area contributed by atoms with Gasteiger partial charge in [-0.1, -0.05) is 91.2 Å². The van der Waals surface area contributed by atoms with Gasteiger partial charge in [0.2, 0.25) is 0 Å². The lowest BCUT2D eigenvalue weighted by molar-refractivity contribution is 0.374. The monoisotopic (exact) mass is 479 g/mol. The molecule has 166 valence electrons. The molecule has 3 aromatic carbocycles. The molecule has 1 fully saturated rings. The summed E-state index contributed by atoms with van der Waals surface area (Å²) in [6, 6.07) is 27.1. The van der Waals surface area contributed by atoms with E-state index in [1.807, 2.05) is 17.8 Å². The van der Waals surface area contributed by atoms with Gasteiger partial charge in [-0.05, 0) is 60.2 Å². The summed E-state index contributed by atoms with van der Waals surface area (Å²) in [7, 11) is 0. The van der Waals surface area contributed by atoms with Gasteiger partial charge in [-0.3, -0.25) is 0 Å². The van der Waals surface area contributed by atoms with Gasteiger partial charge >= 0.3 is 0 Å². The minimum Gasteiger partial charge on any atom is -0.313 e. The summed E-state index contributed by atoms with van der Waals surface area (Å²) in [6.07, 6.45) is 7.78. The number of hydrogen-bond acceptors (Lipinski definition) is 3. The van der Waals surface area contributed by atoms with E-state index in [2.05, 4.69) is 83.8 Å². The Bertz CT molecular complexity index is 1030. The summed E-state index contributed by atoms with van der Waals surface area (Å²) >= 11 is 10.4. The highest BCUT2D eigenvalue weighted by atomic mass is 35.5. The predicted octanol–water partition coefficient (Wildman–Crippen LogP) is 8.49. The largest absolute Gasteiger partial charge is 0.313 e. The topological polar surface area (TPSA) is 12.0 Å². The van der Waals surface area contributed by atoms with E-state index in [-0.39, 0.29) is 0 Å². The molecule has 1 saturated carbocycles. The Hall–Kier alpha value is -1.39. The third-order valence-corrected chi connectivity index (χ3v) is 9.57. The minimum atomic E-state index is 0.400. The molecule has 3 aromatic rings. The molecule has 1 aliphatic heterocycles. The molecular weight excluding hydrogens is 450 g/mol. The fraction of sp³-hybridized carbons (Fsp3) is 0.357. The van der Waals surface area contributed by atoms with Crippen molar-refractivity contribution in [2.24, 2.45) is 0 Å². The smallest absolute Gasteiger partial charge is 0.0428 e. The van der Waals surface area contributed by atoms with Gasteiger partial charge < -0.3 is 5.32 Å². The van der Waals surface area contributed by atoms with Crippen LogP contribution in [0.5, 0.6) is 0 Å². The van der Waals surface area contributed by atoms with Gasteiger partial charge in [0, 0.05) is 37.9 Å². The molecule has 1 heterocycles. The van der Waals surface area contributed by atoms with Crippen molar-refractivity contribution >= 4 is 35.1 Å². The normalized spacial score (nSPS) is 19.6. The maximum Gasteiger partial charge on any atom is 0.0428 e. The van der Waals surface area contributed by atoms with Gasteiger partial charge in [0.15, 0.2) is 0 Å². The van der Waals surface area contributed by atoms with Crippen molar-refractivity contribution in [2.45, 2.75) is 64.9 Å². The van der Waals surface area contributed by atoms with Crippen LogP contribution in [0.1, 0.15) is 59.3 Å². The summed E-state index contributed by atoms with van der Waals surface area (Å²) in [5.41, 5.74) is 4.23. The van der Waals surface area contributed by atoms with Gasteiger partial charge in [-0.25, -0.2) is 0 Å². The molecule has 0 bridgehead atoms. The van der Waals surface area contributed by atoms with Crippen molar-refractivity contribution in [1.29, 1.82) is 0 Å². The van der Waals surface area contributed by atoms with Crippen molar-refractivity contribution in [2.75, 3.05) is 6.54 Å². The number of benzene rings is 3. The van der Waals surface area contributed by atoms with E-state index in [1.54, 1.807) is 0 Å². The lowest BCUT2D eigenvalue weighted by Crippen LogP contribution is -2.33. The molecule has 1 nitrogen and oxygen atoms in total. The van der Waals surface area contributed by atoms with Crippen molar-refractivity contribution < 1.29 is 0 Å². The van der Waals surface area contributed by atoms with Crippen molar-refractivity contribution in [3.63, 3.8) is 0 Å². The second kappa shape index (κ2) is 10.7. The zero-order valence-electron chi connectivity index (χ0n) is 18.3. The van der Waals surface area contributed by atoms with E-state index in [4.69, 9.17) is 11.6 Å². The third-order valence-electron chi connectivity index (χ3n) is 6.61. The molecule has 0 aromatic heterocycles. The van der Waals surface area contributed by atoms with Crippen LogP contribution >= 0.6 is 35.1 Å². The molecule has 2 atom stereocenters. The van der Waals surface area contributed by atoms with E-state index < -0.39 is 0 Å². The summed E-state index contributed by atoms with van der Waals surface area (Å²) in [6.45, 7) is 1.02. The first-order valence-corrected chi connectivity index (χ1v) is 13.9. The van der Waals surface area contributed by atoms with Crippen molar-refractivity contribution in [3.8, 4) is 0 Å². The Kier molecular flexibility index (Phi) is 7.49. The molecule has 0 saturated heterocycles. The molecule has 0 amide bonds. The van der Waals surface area contributed by atoms with Crippen LogP contribution in [0.4, 0.5) is 0 Å². The second-order valence-electron chi connectivity index (χ2n) is 8.86. The van der Waals surface area contributed by atoms with Crippen LogP contribution in [0, 0.1) is 0 Å². The van der Waals surface area contributed by atoms with Crippen LogP contribution in [0.15, 0.2) is 82.6 Å². The molecule has 1 aliphatic carbocycles. The first kappa shape index (κ1) is 22.4. The van der Waals surface area contributed by atoms with E-state index in [0.29, 0.717) is 16.5 Å². The summed E-state index contributed by atoms with van der Waals surface area (Å²) in [5.74, 6) is 0. The molecule has 2 aliphatic rings. The Morgan fingerprint density at radius 3 is 2.53 bits per heavy atom. The van der Waals surface area contributed by atoms with Crippen LogP contribution in [-0.4, -0.2) is 12.6 Å². The predicted molar refractivity (Wildman–Crippen MR) is 140 cm³/mol. The number of hydrogen-bond donors (Lipinski definition) is 1. The average molecular weight is 480 g/mol. The molecule has 1 N–H and O–H groups in total. The van der Waals surface area contributed by atoms with Crippen LogP contribution in [0.3, 0.4) is 0 Å². The summed E-state index contributed by atoms with van der Waals surface area (Å²) in [5, 5.41) is 5.58. The van der Waals surface area contributed by atoms with E-state index in [1.165, 1.54) is 58.6 Å². The molecule has 4 heteroatoms. The number of halogens is 1. The molecule has 0 radical (unpaired) electrons. The van der Waals surface area contributed by atoms with Crippen molar-refractivity contribution in [1.82, 2.24) is 5.32 Å². The fourth-order valence-electron chi connectivity index (χ4n) is 4.89. The Morgan fingerprint density at radius 1 is 0.906 bits per heavy atom. The van der Waals surface area contributed by atoms with Gasteiger partial charge in [0.25, 0.3) is 0 Å². The van der Waals surface area contributed by atoms with E-state index in [0.717, 1.165) is 18.0 Å². The van der Waals surface area contributed by atoms with Gasteiger partial charge in [0.05, 0.1) is 0 Å². The standard InChI is InChI=1S/C28H30ClNS2/c29-22-15-16-25-21(17-22)18-27(24-13-7-8-14-26(24)31-25)32-28(20-9-3-1-4-10-20)19-30-23-11-5-2-6-12-23/h1,3-4,7-10,13-17,23,27-28,30H,2,5-6,11-12,18-19H2/t27-,28-/m1/s1. The van der Waals surface area contributed by atoms with Crippen LogP contribution in [-0.2, 0) is 6.42 Å². The quantitative estimate of drug-likeness (QED) is 0.380. The van der Waals surface area contributed by atoms with Crippen LogP contribution < -0.4 is 5.32 Å². The number of thioether (sulfide) groups is 1. The first-order chi connectivity index (χ1) is 15.8. The lowest BCUT2D eigenvalue weighted by Gasteiger charge is -2.28. The minimum absolute atomic E-state index is 0.400. The molecule has 0 unspecified atom stereocenters. The number of nitrogens with one attached hydrogen (secondary N) is 1. The molecular formula is C28H30ClNS2. The van der Waals surface area contributed by atoms with Crippen LogP contribution in [0.2, 0.25) is 5.02 Å². The Morgan fingerprint density at radius 2 is 1.69 bits per heavy atom. The molecule has 0 spiro atoms. The maximum atomic E-state index is 6.40. The van der Waals surface area contributed by atoms with E-state index >= 15 is 0 Å². The van der Waals surface area contributed by atoms with Gasteiger partial charge in [-0.15, -0.1) is 11.8 Å². The zero-order chi connectivity index (χ0) is 21.8. The molecule has 5 rings (SSSR count). The number of fused-ring (bicyclic) bond motifs is 2. The first-order valence-electron chi connectivity index (χ1n) is 11.8. The molecule has 32 heavy (non-hydrogen) atoms. The second-order valence-corrected chi connectivity index (χ2v) is 11.8. The average Bonchev–Trinajstić information content (AvgIpc) is 2.99. The highest BCUT2D eigenvalue weighted by Crippen LogP contribution is 2.49. The highest BCUT2D eigenvalue weighted by Gasteiger charge is 2.27. The summed E-state index contributed by atoms with van der Waals surface area (Å²) in [4.78, 5) is 2.71. The van der Waals surface area contributed by atoms with Crippen LogP contribution in [0.25, 0.3) is 0 Å². The Balaban J connectivity index is 1.43. The van der Waals surface area contributed by atoms with Gasteiger partial charge in [0.1, 0.15) is 0 Å². The number of rotatable bonds is 6. The van der Waals surface area contributed by atoms with Gasteiger partial charge in [-0.2, -0.15) is 0 Å². The third kappa shape index (κ3) is 5.39. The fourth-order valence-corrected chi connectivity index (χ4v) is 7.81. The zero-order valence-corrected chi connectivity index (χ0v) is 20.7. The Labute approximate surface area is 205 Å².